The van der Waals surface area contributed by atoms with Crippen molar-refractivity contribution in [1.82, 2.24) is 9.38 Å². The fourth-order valence-electron chi connectivity index (χ4n) is 4.31. The lowest BCUT2D eigenvalue weighted by molar-refractivity contribution is 0.102. The smallest absolute Gasteiger partial charge is 0.263 e. The molecule has 0 spiro atoms. The van der Waals surface area contributed by atoms with Crippen molar-refractivity contribution >= 4 is 22.9 Å². The van der Waals surface area contributed by atoms with Crippen molar-refractivity contribution in [3.8, 4) is 0 Å². The molecule has 1 aliphatic heterocycles. The summed E-state index contributed by atoms with van der Waals surface area (Å²) in [5.41, 5.74) is 4.89. The molecule has 1 amide bonds. The third kappa shape index (κ3) is 3.70. The van der Waals surface area contributed by atoms with E-state index in [1.165, 1.54) is 23.8 Å². The van der Waals surface area contributed by atoms with Gasteiger partial charge >= 0.3 is 0 Å². The number of nitrogens with zero attached hydrogens (tertiary/aromatic N) is 3. The van der Waals surface area contributed by atoms with Crippen LogP contribution in [-0.4, -0.2) is 21.8 Å². The van der Waals surface area contributed by atoms with E-state index in [9.17, 15) is 13.6 Å². The fourth-order valence-corrected chi connectivity index (χ4v) is 4.31. The SMILES string of the molecule is CC1CN(Cc2cnc3ccccn23)c2cc(C(=O)Nc3cccc(C(F)F)c3)ccc21. The summed E-state index contributed by atoms with van der Waals surface area (Å²) in [5.74, 6) is 0.0116. The van der Waals surface area contributed by atoms with E-state index in [1.807, 2.05) is 42.7 Å². The normalized spacial score (nSPS) is 15.4. The Balaban J connectivity index is 1.40. The molecule has 1 N–H and O–H groups in total. The Labute approximate surface area is 184 Å². The van der Waals surface area contributed by atoms with Crippen molar-refractivity contribution in [2.24, 2.45) is 0 Å². The van der Waals surface area contributed by atoms with E-state index in [0.717, 1.165) is 23.6 Å². The van der Waals surface area contributed by atoms with Crippen LogP contribution in [0.5, 0.6) is 0 Å². The Morgan fingerprint density at radius 1 is 1.16 bits per heavy atom. The van der Waals surface area contributed by atoms with Crippen LogP contribution in [0.2, 0.25) is 0 Å². The third-order valence-electron chi connectivity index (χ3n) is 5.90. The molecule has 0 fully saturated rings. The van der Waals surface area contributed by atoms with E-state index < -0.39 is 6.43 Å². The topological polar surface area (TPSA) is 49.6 Å². The molecule has 7 heteroatoms. The third-order valence-corrected chi connectivity index (χ3v) is 5.90. The lowest BCUT2D eigenvalue weighted by atomic mass is 10.0. The number of aromatic nitrogens is 2. The first-order chi connectivity index (χ1) is 15.5. The summed E-state index contributed by atoms with van der Waals surface area (Å²) in [7, 11) is 0. The van der Waals surface area contributed by atoms with E-state index in [2.05, 4.69) is 26.5 Å². The monoisotopic (exact) mass is 432 g/mol. The molecule has 1 atom stereocenters. The summed E-state index contributed by atoms with van der Waals surface area (Å²) in [5, 5.41) is 2.74. The number of carbonyl (C=O) groups is 1. The molecule has 1 aliphatic rings. The van der Waals surface area contributed by atoms with Crippen LogP contribution in [0.4, 0.5) is 20.2 Å². The number of alkyl halides is 2. The highest BCUT2D eigenvalue weighted by molar-refractivity contribution is 6.05. The molecule has 1 unspecified atom stereocenters. The number of fused-ring (bicyclic) bond motifs is 2. The second-order valence-electron chi connectivity index (χ2n) is 8.11. The maximum Gasteiger partial charge on any atom is 0.263 e. The highest BCUT2D eigenvalue weighted by Gasteiger charge is 2.27. The molecule has 0 aliphatic carbocycles. The molecule has 3 heterocycles. The van der Waals surface area contributed by atoms with E-state index in [0.29, 0.717) is 23.7 Å². The number of halogens is 2. The van der Waals surface area contributed by atoms with Crippen molar-refractivity contribution < 1.29 is 13.6 Å². The molecule has 0 saturated carbocycles. The maximum atomic E-state index is 13.0. The number of hydrogen-bond donors (Lipinski definition) is 1. The van der Waals surface area contributed by atoms with Crippen molar-refractivity contribution in [2.45, 2.75) is 25.8 Å². The summed E-state index contributed by atoms with van der Waals surface area (Å²) >= 11 is 0. The Morgan fingerprint density at radius 3 is 2.88 bits per heavy atom. The second kappa shape index (κ2) is 8.07. The molecule has 0 radical (unpaired) electrons. The standard InChI is InChI=1S/C25H22F2N4O/c1-16-14-30(15-20-13-28-23-7-2-3-10-31(20)23)22-12-18(8-9-21(16)22)25(32)29-19-6-4-5-17(11-19)24(26)27/h2-13,16,24H,14-15H2,1H3,(H,29,32). The summed E-state index contributed by atoms with van der Waals surface area (Å²) in [6.45, 7) is 3.68. The molecule has 5 rings (SSSR count). The van der Waals surface area contributed by atoms with Gasteiger partial charge in [0, 0.05) is 41.2 Å². The zero-order valence-electron chi connectivity index (χ0n) is 17.5. The molecular weight excluding hydrogens is 410 g/mol. The average molecular weight is 432 g/mol. The van der Waals surface area contributed by atoms with Gasteiger partial charge in [-0.15, -0.1) is 0 Å². The zero-order valence-corrected chi connectivity index (χ0v) is 17.5. The predicted octanol–water partition coefficient (Wildman–Crippen LogP) is 5.65. The number of amides is 1. The molecule has 0 bridgehead atoms. The van der Waals surface area contributed by atoms with Gasteiger partial charge < -0.3 is 14.6 Å². The molecule has 32 heavy (non-hydrogen) atoms. The van der Waals surface area contributed by atoms with Gasteiger partial charge in [-0.25, -0.2) is 13.8 Å². The molecule has 162 valence electrons. The minimum Gasteiger partial charge on any atom is -0.365 e. The molecule has 4 aromatic rings. The van der Waals surface area contributed by atoms with Crippen LogP contribution < -0.4 is 10.2 Å². The lowest BCUT2D eigenvalue weighted by Crippen LogP contribution is -2.22. The number of carbonyl (C=O) groups excluding carboxylic acids is 1. The summed E-state index contributed by atoms with van der Waals surface area (Å²) in [6, 6.07) is 17.3. The van der Waals surface area contributed by atoms with Gasteiger partial charge in [0.05, 0.1) is 18.4 Å². The van der Waals surface area contributed by atoms with Crippen LogP contribution in [0.25, 0.3) is 5.65 Å². The lowest BCUT2D eigenvalue weighted by Gasteiger charge is -2.20. The van der Waals surface area contributed by atoms with Gasteiger partial charge in [0.1, 0.15) is 5.65 Å². The Kier molecular flexibility index (Phi) is 5.09. The van der Waals surface area contributed by atoms with Crippen LogP contribution in [0.15, 0.2) is 73.1 Å². The van der Waals surface area contributed by atoms with Gasteiger partial charge in [0.2, 0.25) is 0 Å². The van der Waals surface area contributed by atoms with Crippen molar-refractivity contribution in [3.63, 3.8) is 0 Å². The molecular formula is C25H22F2N4O. The first-order valence-corrected chi connectivity index (χ1v) is 10.5. The quantitative estimate of drug-likeness (QED) is 0.444. The van der Waals surface area contributed by atoms with Gasteiger partial charge in [0.25, 0.3) is 12.3 Å². The van der Waals surface area contributed by atoms with Crippen molar-refractivity contribution in [1.29, 1.82) is 0 Å². The van der Waals surface area contributed by atoms with Gasteiger partial charge in [0.15, 0.2) is 0 Å². The minimum atomic E-state index is -2.58. The summed E-state index contributed by atoms with van der Waals surface area (Å²) in [4.78, 5) is 19.6. The highest BCUT2D eigenvalue weighted by atomic mass is 19.3. The first kappa shape index (κ1) is 20.2. The summed E-state index contributed by atoms with van der Waals surface area (Å²) in [6.07, 6.45) is 1.29. The zero-order chi connectivity index (χ0) is 22.2. The Bertz CT molecular complexity index is 1300. The largest absolute Gasteiger partial charge is 0.365 e. The summed E-state index contributed by atoms with van der Waals surface area (Å²) < 4.78 is 28.0. The van der Waals surface area contributed by atoms with Crippen LogP contribution in [0.3, 0.4) is 0 Å². The van der Waals surface area contributed by atoms with Gasteiger partial charge in [-0.1, -0.05) is 31.2 Å². The Hall–Kier alpha value is -3.74. The van der Waals surface area contributed by atoms with Crippen molar-refractivity contribution in [3.05, 3.63) is 95.4 Å². The van der Waals surface area contributed by atoms with Crippen molar-refractivity contribution in [2.75, 3.05) is 16.8 Å². The average Bonchev–Trinajstić information content (AvgIpc) is 3.35. The number of hydrogen-bond acceptors (Lipinski definition) is 3. The van der Waals surface area contributed by atoms with Gasteiger partial charge in [-0.05, 0) is 42.0 Å². The van der Waals surface area contributed by atoms with Crippen LogP contribution in [0.1, 0.15) is 46.4 Å². The molecule has 0 saturated heterocycles. The van der Waals surface area contributed by atoms with E-state index >= 15 is 0 Å². The molecule has 2 aromatic carbocycles. The minimum absolute atomic E-state index is 0.121. The number of imidazole rings is 1. The maximum absolute atomic E-state index is 13.0. The number of rotatable bonds is 5. The number of benzene rings is 2. The predicted molar refractivity (Wildman–Crippen MR) is 120 cm³/mol. The first-order valence-electron chi connectivity index (χ1n) is 10.5. The number of anilines is 2. The highest BCUT2D eigenvalue weighted by Crippen LogP contribution is 2.37. The second-order valence-corrected chi connectivity index (χ2v) is 8.11. The van der Waals surface area contributed by atoms with Crippen LogP contribution >= 0.6 is 0 Å². The number of pyridine rings is 1. The van der Waals surface area contributed by atoms with Crippen LogP contribution in [0, 0.1) is 0 Å². The van der Waals surface area contributed by atoms with Gasteiger partial charge in [-0.3, -0.25) is 4.79 Å². The Morgan fingerprint density at radius 2 is 2.03 bits per heavy atom. The molecule has 2 aromatic heterocycles. The van der Waals surface area contributed by atoms with Crippen LogP contribution in [-0.2, 0) is 6.54 Å². The molecule has 5 nitrogen and oxygen atoms in total. The van der Waals surface area contributed by atoms with E-state index in [-0.39, 0.29) is 11.5 Å². The number of nitrogens with one attached hydrogen (secondary N) is 1. The van der Waals surface area contributed by atoms with Gasteiger partial charge in [-0.2, -0.15) is 0 Å². The van der Waals surface area contributed by atoms with E-state index in [1.54, 1.807) is 12.1 Å². The fraction of sp³-hybridized carbons (Fsp3) is 0.200. The van der Waals surface area contributed by atoms with E-state index in [4.69, 9.17) is 0 Å².